The van der Waals surface area contributed by atoms with Crippen LogP contribution >= 0.6 is 0 Å². The van der Waals surface area contributed by atoms with Gasteiger partial charge >= 0.3 is 0 Å². The number of H-pyrrole nitrogens is 1. The summed E-state index contributed by atoms with van der Waals surface area (Å²) >= 11 is 0. The summed E-state index contributed by atoms with van der Waals surface area (Å²) in [6.45, 7) is 0.666. The predicted octanol–water partition coefficient (Wildman–Crippen LogP) is 2.28. The highest BCUT2D eigenvalue weighted by atomic mass is 16.2. The number of hydrogen-bond donors (Lipinski definition) is 1. The smallest absolute Gasteiger partial charge is 0.258 e. The van der Waals surface area contributed by atoms with Crippen LogP contribution in [0.1, 0.15) is 45.3 Å². The summed E-state index contributed by atoms with van der Waals surface area (Å²) in [6.07, 6.45) is 6.57. The summed E-state index contributed by atoms with van der Waals surface area (Å²) < 4.78 is 1.69. The molecule has 1 N–H and O–H groups in total. The minimum atomic E-state index is -0.151. The molecule has 1 atom stereocenters. The van der Waals surface area contributed by atoms with Crippen molar-refractivity contribution in [3.8, 4) is 0 Å². The average Bonchev–Trinajstić information content (AvgIpc) is 3.50. The molecule has 152 valence electrons. The zero-order valence-corrected chi connectivity index (χ0v) is 16.7. The zero-order chi connectivity index (χ0) is 20.8. The van der Waals surface area contributed by atoms with Crippen LogP contribution in [0.2, 0.25) is 0 Å². The third-order valence-corrected chi connectivity index (χ3v) is 5.59. The highest BCUT2D eigenvalue weighted by Crippen LogP contribution is 2.33. The van der Waals surface area contributed by atoms with Crippen molar-refractivity contribution >= 4 is 28.5 Å². The van der Waals surface area contributed by atoms with Crippen LogP contribution in [0.3, 0.4) is 0 Å². The molecule has 5 rings (SSSR count). The Balaban J connectivity index is 1.52. The lowest BCUT2D eigenvalue weighted by Crippen LogP contribution is -2.31. The van der Waals surface area contributed by atoms with Gasteiger partial charge in [-0.3, -0.25) is 9.59 Å². The number of aromatic nitrogens is 5. The Morgan fingerprint density at radius 3 is 2.90 bits per heavy atom. The van der Waals surface area contributed by atoms with Gasteiger partial charge in [-0.15, -0.1) is 0 Å². The summed E-state index contributed by atoms with van der Waals surface area (Å²) in [5.41, 5.74) is 4.09. The van der Waals surface area contributed by atoms with E-state index in [1.807, 2.05) is 29.2 Å². The topological polar surface area (TPSA) is 99.5 Å². The number of imidazole rings is 1. The van der Waals surface area contributed by atoms with Crippen molar-refractivity contribution in [3.05, 3.63) is 59.8 Å². The fraction of sp³-hybridized carbons (Fsp3) is 0.286. The van der Waals surface area contributed by atoms with E-state index in [1.165, 1.54) is 4.90 Å². The second-order valence-corrected chi connectivity index (χ2v) is 7.65. The second-order valence-electron chi connectivity index (χ2n) is 7.65. The van der Waals surface area contributed by atoms with Gasteiger partial charge < -0.3 is 14.8 Å². The second kappa shape index (κ2) is 6.94. The first-order valence-electron chi connectivity index (χ1n) is 9.83. The quantitative estimate of drug-likeness (QED) is 0.566. The summed E-state index contributed by atoms with van der Waals surface area (Å²) in [6, 6.07) is 7.23. The molecule has 0 saturated carbocycles. The SMILES string of the molecule is CN(C)C(=O)c1cnn2c(C3CCCN3C(=O)c3ccc4nc[nH]c4c3)ccnc12. The van der Waals surface area contributed by atoms with Crippen LogP contribution in [0, 0.1) is 0 Å². The van der Waals surface area contributed by atoms with E-state index in [9.17, 15) is 9.59 Å². The van der Waals surface area contributed by atoms with Crippen molar-refractivity contribution < 1.29 is 9.59 Å². The van der Waals surface area contributed by atoms with Gasteiger partial charge in [0.2, 0.25) is 0 Å². The molecule has 4 heterocycles. The summed E-state index contributed by atoms with van der Waals surface area (Å²) in [5, 5.41) is 4.42. The third kappa shape index (κ3) is 2.81. The molecule has 1 aliphatic heterocycles. The van der Waals surface area contributed by atoms with E-state index in [0.29, 0.717) is 23.3 Å². The van der Waals surface area contributed by atoms with E-state index in [4.69, 9.17) is 0 Å². The van der Waals surface area contributed by atoms with Gasteiger partial charge in [0.1, 0.15) is 5.56 Å². The van der Waals surface area contributed by atoms with Crippen LogP contribution in [-0.2, 0) is 0 Å². The normalized spacial score (nSPS) is 16.5. The molecule has 0 aliphatic carbocycles. The van der Waals surface area contributed by atoms with Crippen LogP contribution in [0.5, 0.6) is 0 Å². The maximum atomic E-state index is 13.3. The third-order valence-electron chi connectivity index (χ3n) is 5.59. The predicted molar refractivity (Wildman–Crippen MR) is 110 cm³/mol. The molecule has 4 aromatic rings. The van der Waals surface area contributed by atoms with Crippen LogP contribution in [0.15, 0.2) is 43.0 Å². The van der Waals surface area contributed by atoms with Crippen LogP contribution in [0.25, 0.3) is 16.7 Å². The number of carbonyl (C=O) groups is 2. The number of nitrogens with one attached hydrogen (secondary N) is 1. The Labute approximate surface area is 172 Å². The van der Waals surface area contributed by atoms with Gasteiger partial charge in [0.15, 0.2) is 5.65 Å². The minimum Gasteiger partial charge on any atom is -0.345 e. The van der Waals surface area contributed by atoms with E-state index >= 15 is 0 Å². The molecular formula is C21H21N7O2. The Bertz CT molecular complexity index is 1270. The van der Waals surface area contributed by atoms with E-state index in [1.54, 1.807) is 37.3 Å². The maximum Gasteiger partial charge on any atom is 0.258 e. The zero-order valence-electron chi connectivity index (χ0n) is 16.7. The molecule has 0 radical (unpaired) electrons. The Morgan fingerprint density at radius 2 is 2.07 bits per heavy atom. The van der Waals surface area contributed by atoms with Gasteiger partial charge in [0.25, 0.3) is 11.8 Å². The van der Waals surface area contributed by atoms with Crippen molar-refractivity contribution in [2.75, 3.05) is 20.6 Å². The standard InChI is InChI=1S/C21H21N7O2/c1-26(2)21(30)14-11-25-28-18(7-8-22-19(14)28)17-4-3-9-27(17)20(29)13-5-6-15-16(10-13)24-12-23-15/h5-8,10-12,17H,3-4,9H2,1-2H3,(H,23,24). The number of amides is 2. The average molecular weight is 403 g/mol. The Hall–Kier alpha value is -3.75. The maximum absolute atomic E-state index is 13.3. The number of benzene rings is 1. The van der Waals surface area contributed by atoms with Crippen molar-refractivity contribution in [2.24, 2.45) is 0 Å². The molecule has 1 saturated heterocycles. The number of carbonyl (C=O) groups excluding carboxylic acids is 2. The fourth-order valence-corrected chi connectivity index (χ4v) is 4.11. The van der Waals surface area contributed by atoms with Crippen molar-refractivity contribution in [1.82, 2.24) is 34.4 Å². The molecule has 2 amide bonds. The highest BCUT2D eigenvalue weighted by Gasteiger charge is 2.33. The lowest BCUT2D eigenvalue weighted by Gasteiger charge is -2.25. The lowest BCUT2D eigenvalue weighted by molar-refractivity contribution is 0.0731. The van der Waals surface area contributed by atoms with Gasteiger partial charge in [-0.2, -0.15) is 5.10 Å². The van der Waals surface area contributed by atoms with E-state index in [2.05, 4.69) is 20.1 Å². The first-order chi connectivity index (χ1) is 14.5. The molecule has 1 aromatic carbocycles. The van der Waals surface area contributed by atoms with Crippen LogP contribution in [-0.4, -0.2) is 66.8 Å². The number of likely N-dealkylation sites (tertiary alicyclic amines) is 1. The monoisotopic (exact) mass is 403 g/mol. The van der Waals surface area contributed by atoms with E-state index in [0.717, 1.165) is 29.6 Å². The number of nitrogens with zero attached hydrogens (tertiary/aromatic N) is 6. The van der Waals surface area contributed by atoms with Gasteiger partial charge in [-0.05, 0) is 37.1 Å². The first-order valence-corrected chi connectivity index (χ1v) is 9.83. The summed E-state index contributed by atoms with van der Waals surface area (Å²) in [7, 11) is 3.40. The largest absolute Gasteiger partial charge is 0.345 e. The molecule has 1 fully saturated rings. The number of rotatable bonds is 3. The van der Waals surface area contributed by atoms with Crippen LogP contribution < -0.4 is 0 Å². The lowest BCUT2D eigenvalue weighted by atomic mass is 10.1. The highest BCUT2D eigenvalue weighted by molar-refractivity contribution is 5.99. The van der Waals surface area contributed by atoms with Gasteiger partial charge in [-0.1, -0.05) is 0 Å². The molecule has 1 aliphatic rings. The van der Waals surface area contributed by atoms with Crippen molar-refractivity contribution in [2.45, 2.75) is 18.9 Å². The number of fused-ring (bicyclic) bond motifs is 2. The molecule has 9 nitrogen and oxygen atoms in total. The van der Waals surface area contributed by atoms with E-state index in [-0.39, 0.29) is 17.9 Å². The van der Waals surface area contributed by atoms with Gasteiger partial charge in [-0.25, -0.2) is 14.5 Å². The Kier molecular flexibility index (Phi) is 4.23. The summed E-state index contributed by atoms with van der Waals surface area (Å²) in [5.74, 6) is -0.183. The van der Waals surface area contributed by atoms with Gasteiger partial charge in [0, 0.05) is 32.4 Å². The summed E-state index contributed by atoms with van der Waals surface area (Å²) in [4.78, 5) is 40.8. The first kappa shape index (κ1) is 18.3. The Morgan fingerprint density at radius 1 is 1.20 bits per heavy atom. The molecule has 1 unspecified atom stereocenters. The van der Waals surface area contributed by atoms with E-state index < -0.39 is 0 Å². The van der Waals surface area contributed by atoms with Crippen molar-refractivity contribution in [1.29, 1.82) is 0 Å². The van der Waals surface area contributed by atoms with Gasteiger partial charge in [0.05, 0.1) is 35.3 Å². The molecule has 9 heteroatoms. The molecule has 0 spiro atoms. The number of hydrogen-bond acceptors (Lipinski definition) is 5. The van der Waals surface area contributed by atoms with Crippen molar-refractivity contribution in [3.63, 3.8) is 0 Å². The fourth-order valence-electron chi connectivity index (χ4n) is 4.11. The molecule has 30 heavy (non-hydrogen) atoms. The van der Waals surface area contributed by atoms with Crippen LogP contribution in [0.4, 0.5) is 0 Å². The molecular weight excluding hydrogens is 382 g/mol. The number of aromatic amines is 1. The molecule has 0 bridgehead atoms. The minimum absolute atomic E-state index is 0.0318. The molecule has 3 aromatic heterocycles.